The zero-order valence-electron chi connectivity index (χ0n) is 17.8. The van der Waals surface area contributed by atoms with Crippen LogP contribution in [0.15, 0.2) is 62.4 Å². The molecule has 0 N–H and O–H groups in total. The molecule has 0 amide bonds. The van der Waals surface area contributed by atoms with E-state index in [1.807, 2.05) is 51.1 Å². The lowest BCUT2D eigenvalue weighted by Gasteiger charge is -2.20. The van der Waals surface area contributed by atoms with Gasteiger partial charge in [-0.2, -0.15) is 9.29 Å². The fourth-order valence-electron chi connectivity index (χ4n) is 3.52. The lowest BCUT2D eigenvalue weighted by molar-refractivity contribution is 0.418. The predicted octanol–water partition coefficient (Wildman–Crippen LogP) is 5.27. The number of unbranched alkanes of at least 4 members (excludes halogenated alkanes) is 1. The van der Waals surface area contributed by atoms with Crippen LogP contribution in [-0.4, -0.2) is 36.0 Å². The highest BCUT2D eigenvalue weighted by Crippen LogP contribution is 2.34. The van der Waals surface area contributed by atoms with Gasteiger partial charge >= 0.3 is 0 Å². The maximum Gasteiger partial charge on any atom is 0.294 e. The Morgan fingerprint density at radius 3 is 2.55 bits per heavy atom. The van der Waals surface area contributed by atoms with Gasteiger partial charge in [0.2, 0.25) is 15.8 Å². The van der Waals surface area contributed by atoms with Crippen molar-refractivity contribution in [2.75, 3.05) is 13.1 Å². The molecule has 0 aliphatic carbocycles. The quantitative estimate of drug-likeness (QED) is 0.372. The minimum Gasteiger partial charge on any atom is -0.451 e. The number of aryl methyl sites for hydroxylation is 1. The van der Waals surface area contributed by atoms with Crippen molar-refractivity contribution in [1.29, 1.82) is 0 Å². The minimum atomic E-state index is -3.58. The number of hydrogen-bond donors (Lipinski definition) is 0. The third-order valence-electron chi connectivity index (χ3n) is 5.31. The zero-order valence-corrected chi connectivity index (χ0v) is 18.6. The summed E-state index contributed by atoms with van der Waals surface area (Å²) in [6, 6.07) is 14.4. The van der Waals surface area contributed by atoms with Crippen LogP contribution in [0.4, 0.5) is 0 Å². The Morgan fingerprint density at radius 1 is 1.06 bits per heavy atom. The molecule has 0 saturated heterocycles. The van der Waals surface area contributed by atoms with Crippen LogP contribution in [0.2, 0.25) is 0 Å². The second-order valence-corrected chi connectivity index (χ2v) is 9.29. The second kappa shape index (κ2) is 8.64. The standard InChI is InChI=1S/C23H25N3O4S/c1-4-6-14-26(5-2)31(27,28)18-12-13-20-19(15-18)16(3)21(29-20)23-24-22(25-30-23)17-10-8-7-9-11-17/h7-13,15H,4-6,14H2,1-3H3. The van der Waals surface area contributed by atoms with Gasteiger partial charge in [-0.15, -0.1) is 0 Å². The zero-order chi connectivity index (χ0) is 22.0. The molecule has 2 heterocycles. The van der Waals surface area contributed by atoms with Gasteiger partial charge in [-0.05, 0) is 31.5 Å². The van der Waals surface area contributed by atoms with Gasteiger partial charge in [-0.3, -0.25) is 0 Å². The lowest BCUT2D eigenvalue weighted by atomic mass is 10.1. The number of benzene rings is 2. The normalized spacial score (nSPS) is 12.1. The highest BCUT2D eigenvalue weighted by molar-refractivity contribution is 7.89. The molecule has 162 valence electrons. The minimum absolute atomic E-state index is 0.254. The maximum atomic E-state index is 13.1. The van der Waals surface area contributed by atoms with Crippen molar-refractivity contribution in [3.63, 3.8) is 0 Å². The lowest BCUT2D eigenvalue weighted by Crippen LogP contribution is -2.31. The van der Waals surface area contributed by atoms with Crippen LogP contribution in [0.3, 0.4) is 0 Å². The summed E-state index contributed by atoms with van der Waals surface area (Å²) in [4.78, 5) is 4.71. The number of aromatic nitrogens is 2. The van der Waals surface area contributed by atoms with Gasteiger partial charge in [0, 0.05) is 29.6 Å². The van der Waals surface area contributed by atoms with Crippen LogP contribution in [0.25, 0.3) is 34.0 Å². The average Bonchev–Trinajstić information content (AvgIpc) is 3.39. The van der Waals surface area contributed by atoms with Crippen molar-refractivity contribution < 1.29 is 17.4 Å². The summed E-state index contributed by atoms with van der Waals surface area (Å²) in [5.74, 6) is 1.17. The van der Waals surface area contributed by atoms with Crippen LogP contribution < -0.4 is 0 Å². The van der Waals surface area contributed by atoms with E-state index in [9.17, 15) is 8.42 Å². The summed E-state index contributed by atoms with van der Waals surface area (Å²) < 4.78 is 39.1. The third-order valence-corrected chi connectivity index (χ3v) is 7.28. The van der Waals surface area contributed by atoms with E-state index in [1.165, 1.54) is 4.31 Å². The molecule has 2 aromatic carbocycles. The van der Waals surface area contributed by atoms with Gasteiger partial charge in [-0.25, -0.2) is 8.42 Å². The summed E-state index contributed by atoms with van der Waals surface area (Å²) in [5, 5.41) is 4.76. The van der Waals surface area contributed by atoms with Gasteiger partial charge in [0.15, 0.2) is 5.76 Å². The number of rotatable bonds is 8. The van der Waals surface area contributed by atoms with Crippen molar-refractivity contribution >= 4 is 21.0 Å². The first-order chi connectivity index (χ1) is 15.0. The molecule has 0 radical (unpaired) electrons. The Labute approximate surface area is 181 Å². The van der Waals surface area contributed by atoms with E-state index in [1.54, 1.807) is 18.2 Å². The number of fused-ring (bicyclic) bond motifs is 1. The molecule has 0 fully saturated rings. The SMILES string of the molecule is CCCCN(CC)S(=O)(=O)c1ccc2oc(-c3nc(-c4ccccc4)no3)c(C)c2c1. The van der Waals surface area contributed by atoms with Crippen molar-refractivity contribution in [1.82, 2.24) is 14.4 Å². The molecule has 4 aromatic rings. The van der Waals surface area contributed by atoms with Crippen molar-refractivity contribution in [2.45, 2.75) is 38.5 Å². The molecule has 0 unspecified atom stereocenters. The van der Waals surface area contributed by atoms with Crippen LogP contribution in [0.1, 0.15) is 32.3 Å². The van der Waals surface area contributed by atoms with E-state index in [-0.39, 0.29) is 10.8 Å². The predicted molar refractivity (Wildman–Crippen MR) is 119 cm³/mol. The van der Waals surface area contributed by atoms with Crippen molar-refractivity contribution in [3.8, 4) is 23.0 Å². The third kappa shape index (κ3) is 4.00. The maximum absolute atomic E-state index is 13.1. The molecule has 2 aromatic heterocycles. The van der Waals surface area contributed by atoms with Crippen LogP contribution >= 0.6 is 0 Å². The van der Waals surface area contributed by atoms with E-state index >= 15 is 0 Å². The van der Waals surface area contributed by atoms with Crippen LogP contribution in [-0.2, 0) is 10.0 Å². The highest BCUT2D eigenvalue weighted by Gasteiger charge is 2.25. The van der Waals surface area contributed by atoms with E-state index in [0.717, 1.165) is 24.0 Å². The second-order valence-electron chi connectivity index (χ2n) is 7.35. The Bertz CT molecular complexity index is 1290. The number of hydrogen-bond acceptors (Lipinski definition) is 6. The molecule has 7 nitrogen and oxygen atoms in total. The molecular formula is C23H25N3O4S. The Balaban J connectivity index is 1.72. The topological polar surface area (TPSA) is 89.4 Å². The molecule has 0 aliphatic rings. The van der Waals surface area contributed by atoms with Crippen LogP contribution in [0.5, 0.6) is 0 Å². The molecule has 0 spiro atoms. The summed E-state index contributed by atoms with van der Waals surface area (Å²) in [6.07, 6.45) is 1.76. The first-order valence-corrected chi connectivity index (χ1v) is 11.8. The largest absolute Gasteiger partial charge is 0.451 e. The Morgan fingerprint density at radius 2 is 1.84 bits per heavy atom. The van der Waals surface area contributed by atoms with Crippen LogP contribution in [0, 0.1) is 6.92 Å². The van der Waals surface area contributed by atoms with E-state index in [4.69, 9.17) is 8.94 Å². The van der Waals surface area contributed by atoms with Gasteiger partial charge in [0.05, 0.1) is 4.90 Å². The fraction of sp³-hybridized carbons (Fsp3) is 0.304. The van der Waals surface area contributed by atoms with E-state index < -0.39 is 10.0 Å². The molecule has 0 aliphatic heterocycles. The van der Waals surface area contributed by atoms with E-state index in [0.29, 0.717) is 35.6 Å². The number of furan rings is 1. The van der Waals surface area contributed by atoms with E-state index in [2.05, 4.69) is 10.1 Å². The monoisotopic (exact) mass is 439 g/mol. The molecule has 8 heteroatoms. The van der Waals surface area contributed by atoms with Gasteiger partial charge in [0.1, 0.15) is 5.58 Å². The summed E-state index contributed by atoms with van der Waals surface area (Å²) in [5.41, 5.74) is 2.17. The van der Waals surface area contributed by atoms with Gasteiger partial charge < -0.3 is 8.94 Å². The number of sulfonamides is 1. The molecule has 0 atom stereocenters. The Hall–Kier alpha value is -2.97. The highest BCUT2D eigenvalue weighted by atomic mass is 32.2. The van der Waals surface area contributed by atoms with Gasteiger partial charge in [-0.1, -0.05) is 55.8 Å². The fourth-order valence-corrected chi connectivity index (χ4v) is 5.03. The van der Waals surface area contributed by atoms with Crippen molar-refractivity contribution in [3.05, 3.63) is 54.1 Å². The first-order valence-electron chi connectivity index (χ1n) is 10.4. The number of nitrogens with zero attached hydrogens (tertiary/aromatic N) is 3. The molecular weight excluding hydrogens is 414 g/mol. The summed E-state index contributed by atoms with van der Waals surface area (Å²) in [7, 11) is -3.58. The Kier molecular flexibility index (Phi) is 5.93. The summed E-state index contributed by atoms with van der Waals surface area (Å²) >= 11 is 0. The molecule has 31 heavy (non-hydrogen) atoms. The first kappa shape index (κ1) is 21.3. The molecule has 0 saturated carbocycles. The summed E-state index contributed by atoms with van der Waals surface area (Å²) in [6.45, 7) is 6.70. The molecule has 0 bridgehead atoms. The van der Waals surface area contributed by atoms with Gasteiger partial charge in [0.25, 0.3) is 5.89 Å². The van der Waals surface area contributed by atoms with Crippen molar-refractivity contribution in [2.24, 2.45) is 0 Å². The molecule has 4 rings (SSSR count). The smallest absolute Gasteiger partial charge is 0.294 e. The average molecular weight is 440 g/mol.